The average molecular weight is 413 g/mol. The molecule has 0 aliphatic carbocycles. The monoisotopic (exact) mass is 413 g/mol. The summed E-state index contributed by atoms with van der Waals surface area (Å²) < 4.78 is 2.10. The Bertz CT molecular complexity index is 1260. The van der Waals surface area contributed by atoms with Crippen molar-refractivity contribution in [3.63, 3.8) is 0 Å². The zero-order valence-electron chi connectivity index (χ0n) is 17.9. The van der Waals surface area contributed by atoms with Crippen LogP contribution in [0, 0.1) is 39.0 Å². The molecule has 1 heterocycles. The van der Waals surface area contributed by atoms with Crippen LogP contribution in [0.4, 0.5) is 5.69 Å². The van der Waals surface area contributed by atoms with Gasteiger partial charge in [-0.3, -0.25) is 4.79 Å². The Kier molecular flexibility index (Phi) is 6.07. The third-order valence-corrected chi connectivity index (χ3v) is 5.10. The summed E-state index contributed by atoms with van der Waals surface area (Å²) in [5, 5.41) is 21.3. The minimum absolute atomic E-state index is 0.0531. The van der Waals surface area contributed by atoms with E-state index in [0.29, 0.717) is 5.69 Å². The summed E-state index contributed by atoms with van der Waals surface area (Å²) in [6.45, 7) is 8.02. The Hall–Kier alpha value is -4.11. The quantitative estimate of drug-likeness (QED) is 0.457. The molecule has 2 N–H and O–H groups in total. The van der Waals surface area contributed by atoms with Gasteiger partial charge in [-0.1, -0.05) is 23.8 Å². The summed E-state index contributed by atoms with van der Waals surface area (Å²) in [5.74, 6) is -1.69. The Morgan fingerprint density at radius 2 is 1.81 bits per heavy atom. The largest absolute Gasteiger partial charge is 0.478 e. The van der Waals surface area contributed by atoms with Crippen LogP contribution in [0.15, 0.2) is 54.1 Å². The maximum absolute atomic E-state index is 12.6. The summed E-state index contributed by atoms with van der Waals surface area (Å²) >= 11 is 0. The second kappa shape index (κ2) is 8.72. The Morgan fingerprint density at radius 1 is 1.06 bits per heavy atom. The molecule has 6 nitrogen and oxygen atoms in total. The highest BCUT2D eigenvalue weighted by atomic mass is 16.4. The van der Waals surface area contributed by atoms with Crippen LogP contribution in [-0.2, 0) is 4.79 Å². The summed E-state index contributed by atoms with van der Waals surface area (Å²) in [7, 11) is 0. The molecule has 0 unspecified atom stereocenters. The number of rotatable bonds is 5. The molecule has 0 fully saturated rings. The minimum Gasteiger partial charge on any atom is -0.478 e. The van der Waals surface area contributed by atoms with E-state index in [0.717, 1.165) is 28.2 Å². The van der Waals surface area contributed by atoms with E-state index in [-0.39, 0.29) is 11.1 Å². The minimum atomic E-state index is -1.09. The SMILES string of the molecule is Cc1ccc(-n2c(C)cc(/C=C(/C#N)C(=O)Nc3cccc(C(=O)O)c3)c2C)c(C)c1. The van der Waals surface area contributed by atoms with Crippen LogP contribution in [0.2, 0.25) is 0 Å². The number of aromatic carboxylic acids is 1. The van der Waals surface area contributed by atoms with Gasteiger partial charge in [-0.25, -0.2) is 4.79 Å². The van der Waals surface area contributed by atoms with Gasteiger partial charge in [-0.05, 0) is 75.2 Å². The molecule has 0 spiro atoms. The fraction of sp³-hybridized carbons (Fsp3) is 0.160. The van der Waals surface area contributed by atoms with Crippen molar-refractivity contribution in [3.05, 3.63) is 87.7 Å². The van der Waals surface area contributed by atoms with Gasteiger partial charge in [-0.2, -0.15) is 5.26 Å². The van der Waals surface area contributed by atoms with E-state index in [2.05, 4.69) is 35.0 Å². The summed E-state index contributed by atoms with van der Waals surface area (Å²) in [6.07, 6.45) is 1.55. The number of nitrogens with zero attached hydrogens (tertiary/aromatic N) is 2. The number of carboxylic acids is 1. The van der Waals surface area contributed by atoms with E-state index in [1.54, 1.807) is 12.1 Å². The first-order chi connectivity index (χ1) is 14.7. The molecule has 2 aromatic carbocycles. The van der Waals surface area contributed by atoms with Crippen molar-refractivity contribution in [1.82, 2.24) is 4.57 Å². The first kappa shape index (κ1) is 21.6. The molecule has 31 heavy (non-hydrogen) atoms. The molecule has 1 amide bonds. The highest BCUT2D eigenvalue weighted by Gasteiger charge is 2.15. The van der Waals surface area contributed by atoms with Gasteiger partial charge >= 0.3 is 5.97 Å². The van der Waals surface area contributed by atoms with Crippen molar-refractivity contribution in [2.24, 2.45) is 0 Å². The van der Waals surface area contributed by atoms with Gasteiger partial charge in [0.05, 0.1) is 5.56 Å². The van der Waals surface area contributed by atoms with Crippen molar-refractivity contribution >= 4 is 23.6 Å². The first-order valence-electron chi connectivity index (χ1n) is 9.74. The number of anilines is 1. The van der Waals surface area contributed by atoms with E-state index in [1.165, 1.54) is 23.8 Å². The van der Waals surface area contributed by atoms with Crippen molar-refractivity contribution in [2.45, 2.75) is 27.7 Å². The van der Waals surface area contributed by atoms with Gasteiger partial charge in [0.15, 0.2) is 0 Å². The van der Waals surface area contributed by atoms with Crippen LogP contribution < -0.4 is 5.32 Å². The summed E-state index contributed by atoms with van der Waals surface area (Å²) in [6, 6.07) is 16.0. The van der Waals surface area contributed by atoms with Crippen LogP contribution in [0.3, 0.4) is 0 Å². The zero-order valence-corrected chi connectivity index (χ0v) is 17.9. The number of benzene rings is 2. The number of amides is 1. The fourth-order valence-corrected chi connectivity index (χ4v) is 3.59. The third-order valence-electron chi connectivity index (χ3n) is 5.10. The summed E-state index contributed by atoms with van der Waals surface area (Å²) in [5.41, 5.74) is 6.33. The average Bonchev–Trinajstić information content (AvgIpc) is 2.99. The lowest BCUT2D eigenvalue weighted by Gasteiger charge is -2.13. The highest BCUT2D eigenvalue weighted by molar-refractivity contribution is 6.10. The fourth-order valence-electron chi connectivity index (χ4n) is 3.59. The Morgan fingerprint density at radius 3 is 2.45 bits per heavy atom. The van der Waals surface area contributed by atoms with Crippen molar-refractivity contribution in [3.8, 4) is 11.8 Å². The molecular weight excluding hydrogens is 390 g/mol. The second-order valence-corrected chi connectivity index (χ2v) is 7.46. The number of aryl methyl sites for hydroxylation is 3. The molecule has 0 radical (unpaired) electrons. The number of carbonyl (C=O) groups is 2. The molecule has 0 saturated carbocycles. The lowest BCUT2D eigenvalue weighted by Crippen LogP contribution is -2.14. The van der Waals surface area contributed by atoms with E-state index in [4.69, 9.17) is 5.11 Å². The van der Waals surface area contributed by atoms with Crippen LogP contribution >= 0.6 is 0 Å². The molecule has 6 heteroatoms. The normalized spacial score (nSPS) is 11.1. The molecule has 3 aromatic rings. The molecule has 0 aliphatic rings. The lowest BCUT2D eigenvalue weighted by molar-refractivity contribution is -0.112. The van der Waals surface area contributed by atoms with Crippen LogP contribution in [0.25, 0.3) is 11.8 Å². The predicted molar refractivity (Wildman–Crippen MR) is 120 cm³/mol. The lowest BCUT2D eigenvalue weighted by atomic mass is 10.1. The van der Waals surface area contributed by atoms with Gasteiger partial charge in [-0.15, -0.1) is 0 Å². The Balaban J connectivity index is 1.94. The van der Waals surface area contributed by atoms with E-state index < -0.39 is 11.9 Å². The number of nitrogens with one attached hydrogen (secondary N) is 1. The van der Waals surface area contributed by atoms with Crippen LogP contribution in [-0.4, -0.2) is 21.6 Å². The number of hydrogen-bond acceptors (Lipinski definition) is 3. The molecule has 1 aromatic heterocycles. The van der Waals surface area contributed by atoms with Gasteiger partial charge < -0.3 is 15.0 Å². The number of hydrogen-bond donors (Lipinski definition) is 2. The molecule has 0 aliphatic heterocycles. The van der Waals surface area contributed by atoms with Crippen LogP contribution in [0.5, 0.6) is 0 Å². The molecule has 0 atom stereocenters. The molecule has 0 bridgehead atoms. The molecule has 3 rings (SSSR count). The third kappa shape index (κ3) is 4.57. The highest BCUT2D eigenvalue weighted by Crippen LogP contribution is 2.25. The second-order valence-electron chi connectivity index (χ2n) is 7.46. The van der Waals surface area contributed by atoms with E-state index in [1.807, 2.05) is 32.9 Å². The molecule has 0 saturated heterocycles. The predicted octanol–water partition coefficient (Wildman–Crippen LogP) is 4.95. The topological polar surface area (TPSA) is 95.1 Å². The number of carboxylic acid groups (broad SMARTS) is 1. The smallest absolute Gasteiger partial charge is 0.335 e. The van der Waals surface area contributed by atoms with Crippen LogP contribution in [0.1, 0.15) is 38.4 Å². The maximum Gasteiger partial charge on any atom is 0.335 e. The number of aromatic nitrogens is 1. The zero-order chi connectivity index (χ0) is 22.7. The van der Waals surface area contributed by atoms with Crippen molar-refractivity contribution in [2.75, 3.05) is 5.32 Å². The summed E-state index contributed by atoms with van der Waals surface area (Å²) in [4.78, 5) is 23.8. The Labute approximate surface area is 181 Å². The molecule has 156 valence electrons. The van der Waals surface area contributed by atoms with E-state index >= 15 is 0 Å². The van der Waals surface area contributed by atoms with Crippen molar-refractivity contribution in [1.29, 1.82) is 5.26 Å². The standard InChI is InChI=1S/C25H23N3O3/c1-15-8-9-23(16(2)10-15)28-17(3)11-20(18(28)4)12-21(14-26)24(29)27-22-7-5-6-19(13-22)25(30)31/h5-13H,1-4H3,(H,27,29)(H,30,31)/b21-12-. The number of carbonyl (C=O) groups excluding carboxylic acids is 1. The number of nitriles is 1. The van der Waals surface area contributed by atoms with Crippen molar-refractivity contribution < 1.29 is 14.7 Å². The van der Waals surface area contributed by atoms with E-state index in [9.17, 15) is 14.9 Å². The van der Waals surface area contributed by atoms with Gasteiger partial charge in [0.2, 0.25) is 0 Å². The molecular formula is C25H23N3O3. The van der Waals surface area contributed by atoms with Gasteiger partial charge in [0.25, 0.3) is 5.91 Å². The van der Waals surface area contributed by atoms with Gasteiger partial charge in [0.1, 0.15) is 11.6 Å². The maximum atomic E-state index is 12.6. The van der Waals surface area contributed by atoms with Gasteiger partial charge in [0, 0.05) is 22.8 Å². The first-order valence-corrected chi connectivity index (χ1v) is 9.74.